The first-order valence-corrected chi connectivity index (χ1v) is 7.84. The van der Waals surface area contributed by atoms with Crippen molar-refractivity contribution in [3.8, 4) is 6.07 Å². The number of piperidine rings is 1. The Labute approximate surface area is 133 Å². The summed E-state index contributed by atoms with van der Waals surface area (Å²) in [6, 6.07) is 9.82. The van der Waals surface area contributed by atoms with Crippen LogP contribution in [0, 0.1) is 20.8 Å². The molecule has 0 radical (unpaired) electrons. The van der Waals surface area contributed by atoms with Gasteiger partial charge in [0, 0.05) is 16.7 Å². The van der Waals surface area contributed by atoms with Gasteiger partial charge < -0.3 is 4.90 Å². The molecule has 0 N–H and O–H groups in total. The lowest BCUT2D eigenvalue weighted by Gasteiger charge is -2.30. The molecule has 1 amide bonds. The molecule has 1 aliphatic rings. The Morgan fingerprint density at radius 3 is 2.50 bits per heavy atom. The molecule has 0 aromatic heterocycles. The Kier molecular flexibility index (Phi) is 5.18. The summed E-state index contributed by atoms with van der Waals surface area (Å²) in [6.45, 7) is 3.71. The molecule has 1 heterocycles. The highest BCUT2D eigenvalue weighted by Gasteiger charge is 2.22. The molecule has 0 atom stereocenters. The summed E-state index contributed by atoms with van der Waals surface area (Å²) < 4.78 is 1.13. The van der Waals surface area contributed by atoms with Gasteiger partial charge in [-0.05, 0) is 65.1 Å². The van der Waals surface area contributed by atoms with Crippen LogP contribution in [0.1, 0.15) is 25.3 Å². The molecule has 0 aliphatic carbocycles. The maximum Gasteiger partial charge on any atom is 0.264 e. The fourth-order valence-corrected chi connectivity index (χ4v) is 2.61. The number of carbonyl (C=O) groups excluding carboxylic acids is 1. The van der Waals surface area contributed by atoms with Gasteiger partial charge in [0.25, 0.3) is 5.91 Å². The van der Waals surface area contributed by atoms with E-state index in [2.05, 4.69) is 29.5 Å². The van der Waals surface area contributed by atoms with Crippen LogP contribution in [0.15, 0.2) is 29.8 Å². The van der Waals surface area contributed by atoms with Gasteiger partial charge in [0.1, 0.15) is 11.6 Å². The summed E-state index contributed by atoms with van der Waals surface area (Å²) in [5.41, 5.74) is 1.11. The van der Waals surface area contributed by atoms with Crippen LogP contribution in [0.25, 0.3) is 6.08 Å². The van der Waals surface area contributed by atoms with Crippen molar-refractivity contribution >= 4 is 34.6 Å². The molecule has 1 saturated heterocycles. The second-order valence-electron chi connectivity index (χ2n) is 5.20. The van der Waals surface area contributed by atoms with E-state index in [-0.39, 0.29) is 11.5 Å². The molecular formula is C16H17IN2O. The molecular weight excluding hydrogens is 363 g/mol. The number of amides is 1. The summed E-state index contributed by atoms with van der Waals surface area (Å²) in [6.07, 6.45) is 3.72. The van der Waals surface area contributed by atoms with Gasteiger partial charge in [-0.1, -0.05) is 19.1 Å². The van der Waals surface area contributed by atoms with Gasteiger partial charge in [0.05, 0.1) is 0 Å². The second-order valence-corrected chi connectivity index (χ2v) is 6.44. The lowest BCUT2D eigenvalue weighted by molar-refractivity contribution is -0.127. The van der Waals surface area contributed by atoms with E-state index < -0.39 is 0 Å². The number of nitrogens with zero attached hydrogens (tertiary/aromatic N) is 2. The van der Waals surface area contributed by atoms with Crippen molar-refractivity contribution in [2.45, 2.75) is 19.8 Å². The summed E-state index contributed by atoms with van der Waals surface area (Å²) in [7, 11) is 0. The molecule has 3 nitrogen and oxygen atoms in total. The molecule has 1 fully saturated rings. The second kappa shape index (κ2) is 6.89. The average Bonchev–Trinajstić information content (AvgIpc) is 2.47. The van der Waals surface area contributed by atoms with Crippen molar-refractivity contribution in [1.29, 1.82) is 5.26 Å². The number of likely N-dealkylation sites (tertiary alicyclic amines) is 1. The minimum absolute atomic E-state index is 0.141. The van der Waals surface area contributed by atoms with Crippen LogP contribution in [-0.4, -0.2) is 23.9 Å². The molecule has 4 heteroatoms. The summed E-state index contributed by atoms with van der Waals surface area (Å²) >= 11 is 2.23. The quantitative estimate of drug-likeness (QED) is 0.448. The van der Waals surface area contributed by atoms with Gasteiger partial charge in [-0.2, -0.15) is 5.26 Å². The SMILES string of the molecule is CC1CCN(C(=O)C(C#N)=Cc2ccc(I)cc2)CC1. The number of nitriles is 1. The van der Waals surface area contributed by atoms with Crippen LogP contribution < -0.4 is 0 Å². The smallest absolute Gasteiger partial charge is 0.264 e. The monoisotopic (exact) mass is 380 g/mol. The topological polar surface area (TPSA) is 44.1 Å². The first kappa shape index (κ1) is 15.0. The molecule has 2 rings (SSSR count). The highest BCUT2D eigenvalue weighted by molar-refractivity contribution is 14.1. The third-order valence-corrected chi connectivity index (χ3v) is 4.32. The molecule has 0 bridgehead atoms. The number of rotatable bonds is 2. The fraction of sp³-hybridized carbons (Fsp3) is 0.375. The molecule has 0 spiro atoms. The average molecular weight is 380 g/mol. The van der Waals surface area contributed by atoms with E-state index in [0.717, 1.165) is 35.1 Å². The van der Waals surface area contributed by atoms with Crippen LogP contribution in [0.2, 0.25) is 0 Å². The Hall–Kier alpha value is -1.35. The lowest BCUT2D eigenvalue weighted by atomic mass is 9.98. The lowest BCUT2D eigenvalue weighted by Crippen LogP contribution is -2.38. The highest BCUT2D eigenvalue weighted by Crippen LogP contribution is 2.19. The van der Waals surface area contributed by atoms with E-state index in [1.165, 1.54) is 0 Å². The highest BCUT2D eigenvalue weighted by atomic mass is 127. The van der Waals surface area contributed by atoms with Gasteiger partial charge in [-0.25, -0.2) is 0 Å². The van der Waals surface area contributed by atoms with Crippen molar-refractivity contribution in [2.75, 3.05) is 13.1 Å². The van der Waals surface area contributed by atoms with Crippen LogP contribution in [0.3, 0.4) is 0 Å². The van der Waals surface area contributed by atoms with E-state index in [0.29, 0.717) is 5.92 Å². The third kappa shape index (κ3) is 3.83. The van der Waals surface area contributed by atoms with Crippen LogP contribution in [0.5, 0.6) is 0 Å². The van der Waals surface area contributed by atoms with Crippen LogP contribution >= 0.6 is 22.6 Å². The number of benzene rings is 1. The molecule has 1 aromatic carbocycles. The molecule has 1 aliphatic heterocycles. The first-order chi connectivity index (χ1) is 9.60. The minimum atomic E-state index is -0.141. The Balaban J connectivity index is 2.13. The van der Waals surface area contributed by atoms with Gasteiger partial charge in [-0.3, -0.25) is 4.79 Å². The Bertz CT molecular complexity index is 549. The third-order valence-electron chi connectivity index (χ3n) is 3.60. The number of carbonyl (C=O) groups is 1. The van der Waals surface area contributed by atoms with Crippen molar-refractivity contribution in [3.63, 3.8) is 0 Å². The summed E-state index contributed by atoms with van der Waals surface area (Å²) in [4.78, 5) is 14.1. The van der Waals surface area contributed by atoms with Crippen LogP contribution in [0.4, 0.5) is 0 Å². The first-order valence-electron chi connectivity index (χ1n) is 6.77. The van der Waals surface area contributed by atoms with Gasteiger partial charge in [-0.15, -0.1) is 0 Å². The summed E-state index contributed by atoms with van der Waals surface area (Å²) in [5.74, 6) is 0.530. The zero-order valence-electron chi connectivity index (χ0n) is 11.5. The molecule has 20 heavy (non-hydrogen) atoms. The number of hydrogen-bond acceptors (Lipinski definition) is 2. The number of halogens is 1. The Morgan fingerprint density at radius 2 is 1.95 bits per heavy atom. The van der Waals surface area contributed by atoms with E-state index in [1.807, 2.05) is 30.3 Å². The van der Waals surface area contributed by atoms with Gasteiger partial charge in [0.15, 0.2) is 0 Å². The van der Waals surface area contributed by atoms with Gasteiger partial charge >= 0.3 is 0 Å². The maximum atomic E-state index is 12.3. The van der Waals surface area contributed by atoms with E-state index in [9.17, 15) is 10.1 Å². The molecule has 1 aromatic rings. The summed E-state index contributed by atoms with van der Waals surface area (Å²) in [5, 5.41) is 9.23. The van der Waals surface area contributed by atoms with Gasteiger partial charge in [0.2, 0.25) is 0 Å². The van der Waals surface area contributed by atoms with Crippen molar-refractivity contribution in [2.24, 2.45) is 5.92 Å². The minimum Gasteiger partial charge on any atom is -0.338 e. The van der Waals surface area contributed by atoms with E-state index in [1.54, 1.807) is 11.0 Å². The zero-order valence-corrected chi connectivity index (χ0v) is 13.6. The van der Waals surface area contributed by atoms with Crippen molar-refractivity contribution in [3.05, 3.63) is 39.0 Å². The van der Waals surface area contributed by atoms with E-state index in [4.69, 9.17) is 0 Å². The zero-order chi connectivity index (χ0) is 14.5. The Morgan fingerprint density at radius 1 is 1.35 bits per heavy atom. The molecule has 104 valence electrons. The standard InChI is InChI=1S/C16H17IN2O/c1-12-6-8-19(9-7-12)16(20)14(11-18)10-13-2-4-15(17)5-3-13/h2-5,10,12H,6-9H2,1H3. The molecule has 0 saturated carbocycles. The fourth-order valence-electron chi connectivity index (χ4n) is 2.25. The molecule has 0 unspecified atom stereocenters. The normalized spacial score (nSPS) is 16.9. The predicted octanol–water partition coefficient (Wildman–Crippen LogP) is 3.46. The largest absolute Gasteiger partial charge is 0.338 e. The number of hydrogen-bond donors (Lipinski definition) is 0. The van der Waals surface area contributed by atoms with Crippen molar-refractivity contribution in [1.82, 2.24) is 4.90 Å². The predicted molar refractivity (Wildman–Crippen MR) is 87.7 cm³/mol. The van der Waals surface area contributed by atoms with E-state index >= 15 is 0 Å². The van der Waals surface area contributed by atoms with Crippen LogP contribution in [-0.2, 0) is 4.79 Å². The van der Waals surface area contributed by atoms with Crippen molar-refractivity contribution < 1.29 is 4.79 Å². The maximum absolute atomic E-state index is 12.3.